The van der Waals surface area contributed by atoms with Crippen LogP contribution in [0.4, 0.5) is 4.79 Å². The van der Waals surface area contributed by atoms with E-state index >= 15 is 0 Å². The van der Waals surface area contributed by atoms with Crippen LogP contribution >= 0.6 is 0 Å². The van der Waals surface area contributed by atoms with Crippen molar-refractivity contribution in [1.82, 2.24) is 16.0 Å². The summed E-state index contributed by atoms with van der Waals surface area (Å²) in [5, 5.41) is 30.9. The molecule has 2 aliphatic rings. The summed E-state index contributed by atoms with van der Waals surface area (Å²) in [7, 11) is 0. The van der Waals surface area contributed by atoms with Gasteiger partial charge in [0.1, 0.15) is 12.2 Å². The lowest BCUT2D eigenvalue weighted by Gasteiger charge is -2.43. The van der Waals surface area contributed by atoms with Crippen LogP contribution in [0.25, 0.3) is 0 Å². The number of urea groups is 1. The molecule has 0 bridgehead atoms. The minimum atomic E-state index is -1.23. The van der Waals surface area contributed by atoms with Crippen LogP contribution in [0.3, 0.4) is 0 Å². The number of aliphatic hydroxyl groups excluding tert-OH is 2. The highest BCUT2D eigenvalue weighted by atomic mass is 16.7. The largest absolute Gasteiger partial charge is 0.388 e. The molecule has 0 unspecified atom stereocenters. The van der Waals surface area contributed by atoms with E-state index in [4.69, 9.17) is 9.47 Å². The van der Waals surface area contributed by atoms with E-state index in [2.05, 4.69) is 36.7 Å². The zero-order chi connectivity index (χ0) is 31.2. The molecule has 0 radical (unpaired) electrons. The van der Waals surface area contributed by atoms with E-state index in [0.717, 1.165) is 69.8 Å². The van der Waals surface area contributed by atoms with Gasteiger partial charge in [0.25, 0.3) is 0 Å². The van der Waals surface area contributed by atoms with Gasteiger partial charge in [0, 0.05) is 19.0 Å². The molecular weight excluding hydrogens is 546 g/mol. The standard InChI is InChI=1S/C34H57N3O6/c1-5-24-15-11-16-27(7-3)32(40)35-21-12-17-26(6-2)28(19-18-24)43-33-31(39)29(30(38)23(4)42-33)37-34(41)36-22-20-25-13-9-8-10-14-25/h8-10,13-14,23-24,26-31,33,38-39H,5-7,11-12,15-22H2,1-4H3,(H,35,40)(H2,36,37,41)/t23-,24-,26-,27-,28+,29+,30-,31-,33-/m0/s1. The first kappa shape index (κ1) is 35.3. The topological polar surface area (TPSA) is 129 Å². The predicted octanol–water partition coefficient (Wildman–Crippen LogP) is 4.69. The quantitative estimate of drug-likeness (QED) is 0.279. The van der Waals surface area contributed by atoms with Gasteiger partial charge < -0.3 is 35.6 Å². The van der Waals surface area contributed by atoms with E-state index in [0.29, 0.717) is 25.4 Å². The number of rotatable bonds is 9. The molecule has 3 amide bonds. The number of nitrogens with one attached hydrogen (secondary N) is 3. The molecule has 1 aromatic carbocycles. The number of aliphatic hydroxyl groups is 2. The fourth-order valence-electron chi connectivity index (χ4n) is 6.57. The number of ether oxygens (including phenoxy) is 2. The van der Waals surface area contributed by atoms with Crippen LogP contribution in [0.5, 0.6) is 0 Å². The Morgan fingerprint density at radius 3 is 2.44 bits per heavy atom. The zero-order valence-electron chi connectivity index (χ0n) is 26.8. The average molecular weight is 604 g/mol. The van der Waals surface area contributed by atoms with Crippen molar-refractivity contribution in [1.29, 1.82) is 0 Å². The molecule has 2 heterocycles. The average Bonchev–Trinajstić information content (AvgIpc) is 3.01. The second-order valence-corrected chi connectivity index (χ2v) is 12.5. The van der Waals surface area contributed by atoms with Crippen molar-refractivity contribution in [3.05, 3.63) is 35.9 Å². The van der Waals surface area contributed by atoms with Gasteiger partial charge in [-0.15, -0.1) is 0 Å². The Hall–Kier alpha value is -2.20. The molecule has 0 saturated carbocycles. The Morgan fingerprint density at radius 2 is 1.74 bits per heavy atom. The van der Waals surface area contributed by atoms with Crippen molar-refractivity contribution < 1.29 is 29.3 Å². The molecule has 1 aromatic rings. The lowest BCUT2D eigenvalue weighted by atomic mass is 9.85. The lowest BCUT2D eigenvalue weighted by Crippen LogP contribution is -2.65. The van der Waals surface area contributed by atoms with E-state index in [1.54, 1.807) is 6.92 Å². The monoisotopic (exact) mass is 603 g/mol. The van der Waals surface area contributed by atoms with Gasteiger partial charge in [-0.3, -0.25) is 4.79 Å². The van der Waals surface area contributed by atoms with E-state index in [-0.39, 0.29) is 23.8 Å². The van der Waals surface area contributed by atoms with Gasteiger partial charge in [0.2, 0.25) is 5.91 Å². The van der Waals surface area contributed by atoms with Crippen molar-refractivity contribution in [2.24, 2.45) is 17.8 Å². The van der Waals surface area contributed by atoms with Crippen molar-refractivity contribution in [3.8, 4) is 0 Å². The highest BCUT2D eigenvalue weighted by Gasteiger charge is 2.45. The Balaban J connectivity index is 1.65. The maximum Gasteiger partial charge on any atom is 0.315 e. The zero-order valence-corrected chi connectivity index (χ0v) is 26.8. The highest BCUT2D eigenvalue weighted by molar-refractivity contribution is 5.78. The van der Waals surface area contributed by atoms with Crippen molar-refractivity contribution >= 4 is 11.9 Å². The Bertz CT molecular complexity index is 949. The number of carbonyl (C=O) groups excluding carboxylic acids is 2. The van der Waals surface area contributed by atoms with Crippen LogP contribution in [-0.2, 0) is 20.7 Å². The first-order chi connectivity index (χ1) is 20.8. The summed E-state index contributed by atoms with van der Waals surface area (Å²) in [6.45, 7) is 9.29. The minimum Gasteiger partial charge on any atom is -0.388 e. The summed E-state index contributed by atoms with van der Waals surface area (Å²) in [5.41, 5.74) is 1.11. The SMILES string of the molecule is CC[C@H]1CCC[C@H](CC)C(=O)NCCC[C@H](CC)[C@H](O[C@@H]2O[C@@H](C)[C@H](O)[C@@H](NC(=O)NCCc3ccccc3)[C@@H]2O)CC1. The maximum atomic E-state index is 12.7. The summed E-state index contributed by atoms with van der Waals surface area (Å²) >= 11 is 0. The first-order valence-electron chi connectivity index (χ1n) is 16.8. The number of amides is 3. The fraction of sp³-hybridized carbons (Fsp3) is 0.765. The van der Waals surface area contributed by atoms with Crippen molar-refractivity contribution in [2.75, 3.05) is 13.1 Å². The number of hydrogen-bond donors (Lipinski definition) is 5. The predicted molar refractivity (Wildman–Crippen MR) is 168 cm³/mol. The summed E-state index contributed by atoms with van der Waals surface area (Å²) in [6, 6.07) is 8.50. The van der Waals surface area contributed by atoms with Gasteiger partial charge in [0.05, 0.1) is 18.2 Å². The second kappa shape index (κ2) is 18.6. The summed E-state index contributed by atoms with van der Waals surface area (Å²) in [4.78, 5) is 25.5. The van der Waals surface area contributed by atoms with Crippen molar-refractivity contribution in [2.45, 2.75) is 135 Å². The molecule has 0 aliphatic carbocycles. The number of carbonyl (C=O) groups is 2. The Morgan fingerprint density at radius 1 is 0.977 bits per heavy atom. The third kappa shape index (κ3) is 11.0. The highest BCUT2D eigenvalue weighted by Crippen LogP contribution is 2.31. The minimum absolute atomic E-state index is 0.0910. The van der Waals surface area contributed by atoms with Gasteiger partial charge in [-0.25, -0.2) is 4.79 Å². The number of benzene rings is 1. The molecule has 9 heteroatoms. The molecule has 0 spiro atoms. The van der Waals surface area contributed by atoms with Crippen LogP contribution in [0.15, 0.2) is 30.3 Å². The van der Waals surface area contributed by atoms with Gasteiger partial charge in [-0.1, -0.05) is 76.8 Å². The third-order valence-electron chi connectivity index (χ3n) is 9.56. The Labute approximate surface area is 258 Å². The smallest absolute Gasteiger partial charge is 0.315 e. The molecule has 244 valence electrons. The molecule has 2 saturated heterocycles. The van der Waals surface area contributed by atoms with Crippen LogP contribution in [-0.4, -0.2) is 72.0 Å². The van der Waals surface area contributed by atoms with Gasteiger partial charge in [-0.2, -0.15) is 0 Å². The molecule has 3 rings (SSSR count). The van der Waals surface area contributed by atoms with Gasteiger partial charge in [-0.05, 0) is 69.3 Å². The van der Waals surface area contributed by atoms with Crippen LogP contribution in [0, 0.1) is 17.8 Å². The molecule has 0 aromatic heterocycles. The second-order valence-electron chi connectivity index (χ2n) is 12.5. The van der Waals surface area contributed by atoms with E-state index in [1.165, 1.54) is 0 Å². The van der Waals surface area contributed by atoms with Crippen LogP contribution < -0.4 is 16.0 Å². The van der Waals surface area contributed by atoms with E-state index < -0.39 is 36.7 Å². The molecule has 9 nitrogen and oxygen atoms in total. The lowest BCUT2D eigenvalue weighted by molar-refractivity contribution is -0.288. The maximum absolute atomic E-state index is 12.7. The summed E-state index contributed by atoms with van der Waals surface area (Å²) in [6.07, 6.45) is 6.10. The first-order valence-corrected chi connectivity index (χ1v) is 16.8. The summed E-state index contributed by atoms with van der Waals surface area (Å²) < 4.78 is 12.6. The molecule has 2 fully saturated rings. The molecule has 43 heavy (non-hydrogen) atoms. The molecular formula is C34H57N3O6. The van der Waals surface area contributed by atoms with E-state index in [1.807, 2.05) is 30.3 Å². The molecule has 9 atom stereocenters. The Kier molecular flexibility index (Phi) is 15.2. The third-order valence-corrected chi connectivity index (χ3v) is 9.56. The van der Waals surface area contributed by atoms with Gasteiger partial charge >= 0.3 is 6.03 Å². The van der Waals surface area contributed by atoms with E-state index in [9.17, 15) is 19.8 Å². The molecule has 2 aliphatic heterocycles. The normalized spacial score (nSPS) is 33.2. The number of hydrogen-bond acceptors (Lipinski definition) is 6. The molecule has 5 N–H and O–H groups in total. The van der Waals surface area contributed by atoms with Crippen molar-refractivity contribution in [3.63, 3.8) is 0 Å². The van der Waals surface area contributed by atoms with Crippen LogP contribution in [0.1, 0.15) is 97.5 Å². The summed E-state index contributed by atoms with van der Waals surface area (Å²) in [5.74, 6) is 1.03. The fourth-order valence-corrected chi connectivity index (χ4v) is 6.57. The van der Waals surface area contributed by atoms with Gasteiger partial charge in [0.15, 0.2) is 6.29 Å². The van der Waals surface area contributed by atoms with Crippen LogP contribution in [0.2, 0.25) is 0 Å².